The van der Waals surface area contributed by atoms with Crippen LogP contribution in [0.15, 0.2) is 60.7 Å². The van der Waals surface area contributed by atoms with Crippen molar-refractivity contribution in [2.45, 2.75) is 32.8 Å². The number of nitrogens with one attached hydrogen (secondary N) is 1. The van der Waals surface area contributed by atoms with Crippen molar-refractivity contribution < 1.29 is 14.3 Å². The Labute approximate surface area is 170 Å². The van der Waals surface area contributed by atoms with Crippen LogP contribution in [0.2, 0.25) is 0 Å². The molecule has 148 valence electrons. The van der Waals surface area contributed by atoms with Crippen molar-refractivity contribution in [3.8, 4) is 5.75 Å². The van der Waals surface area contributed by atoms with Gasteiger partial charge in [-0.2, -0.15) is 0 Å². The van der Waals surface area contributed by atoms with E-state index in [1.54, 1.807) is 4.90 Å². The zero-order chi connectivity index (χ0) is 20.4. The number of hydrogen-bond acceptors (Lipinski definition) is 3. The maximum absolute atomic E-state index is 12.8. The minimum Gasteiger partial charge on any atom is -0.491 e. The third kappa shape index (κ3) is 3.94. The molecule has 4 rings (SSSR count). The van der Waals surface area contributed by atoms with E-state index in [0.29, 0.717) is 19.4 Å². The molecule has 0 aromatic heterocycles. The molecule has 1 N–H and O–H groups in total. The van der Waals surface area contributed by atoms with Gasteiger partial charge in [-0.05, 0) is 62.1 Å². The van der Waals surface area contributed by atoms with Crippen LogP contribution in [0.5, 0.6) is 5.75 Å². The third-order valence-electron chi connectivity index (χ3n) is 4.94. The second-order valence-electron chi connectivity index (χ2n) is 7.48. The van der Waals surface area contributed by atoms with Gasteiger partial charge in [0.2, 0.25) is 5.91 Å². The summed E-state index contributed by atoms with van der Waals surface area (Å²) < 4.78 is 5.61. The first-order chi connectivity index (χ1) is 14.0. The fourth-order valence-electron chi connectivity index (χ4n) is 3.71. The van der Waals surface area contributed by atoms with Gasteiger partial charge in [0.15, 0.2) is 0 Å². The van der Waals surface area contributed by atoms with Gasteiger partial charge in [-0.15, -0.1) is 0 Å². The Balaban J connectivity index is 1.33. The van der Waals surface area contributed by atoms with E-state index < -0.39 is 0 Å². The maximum Gasteiger partial charge on any atom is 0.258 e. The molecule has 3 aromatic carbocycles. The Morgan fingerprint density at radius 1 is 1.03 bits per heavy atom. The zero-order valence-corrected chi connectivity index (χ0v) is 16.6. The van der Waals surface area contributed by atoms with E-state index in [-0.39, 0.29) is 17.9 Å². The SMILES string of the molecule is CC(C)Oc1ccc(NC(=O)CCCN2C(=O)c3cccc4cccc2c34)cc1. The minimum absolute atomic E-state index is 0.0120. The predicted octanol–water partition coefficient (Wildman–Crippen LogP) is 5.01. The summed E-state index contributed by atoms with van der Waals surface area (Å²) in [5, 5.41) is 4.97. The van der Waals surface area contributed by atoms with E-state index in [1.165, 1.54) is 0 Å². The molecular weight excluding hydrogens is 364 g/mol. The van der Waals surface area contributed by atoms with Gasteiger partial charge in [-0.3, -0.25) is 9.59 Å². The highest BCUT2D eigenvalue weighted by Crippen LogP contribution is 2.37. The van der Waals surface area contributed by atoms with Gasteiger partial charge < -0.3 is 15.0 Å². The molecule has 0 saturated heterocycles. The van der Waals surface area contributed by atoms with Crippen molar-refractivity contribution in [2.24, 2.45) is 0 Å². The Morgan fingerprint density at radius 3 is 2.48 bits per heavy atom. The van der Waals surface area contributed by atoms with Crippen LogP contribution in [0.1, 0.15) is 37.0 Å². The highest BCUT2D eigenvalue weighted by molar-refractivity contribution is 6.25. The lowest BCUT2D eigenvalue weighted by molar-refractivity contribution is -0.116. The van der Waals surface area contributed by atoms with Crippen LogP contribution in [0, 0.1) is 0 Å². The molecule has 3 aromatic rings. The normalized spacial score (nSPS) is 12.7. The standard InChI is InChI=1S/C24H24N2O3/c1-16(2)29-19-13-11-18(12-14-19)25-22(27)10-5-15-26-21-9-4-7-17-6-3-8-20(23(17)21)24(26)28/h3-4,6-9,11-14,16H,5,10,15H2,1-2H3,(H,25,27). The Hall–Kier alpha value is -3.34. The average Bonchev–Trinajstić information content (AvgIpc) is 2.97. The molecule has 29 heavy (non-hydrogen) atoms. The fraction of sp³-hybridized carbons (Fsp3) is 0.250. The first-order valence-electron chi connectivity index (χ1n) is 9.93. The summed E-state index contributed by atoms with van der Waals surface area (Å²) in [5.41, 5.74) is 2.41. The van der Waals surface area contributed by atoms with E-state index in [2.05, 4.69) is 5.32 Å². The van der Waals surface area contributed by atoms with Gasteiger partial charge in [0.05, 0.1) is 11.8 Å². The van der Waals surface area contributed by atoms with E-state index >= 15 is 0 Å². The number of carbonyl (C=O) groups is 2. The lowest BCUT2D eigenvalue weighted by Crippen LogP contribution is -2.28. The van der Waals surface area contributed by atoms with E-state index in [9.17, 15) is 9.59 Å². The molecular formula is C24H24N2O3. The van der Waals surface area contributed by atoms with Gasteiger partial charge >= 0.3 is 0 Å². The number of nitrogens with zero attached hydrogens (tertiary/aromatic N) is 1. The van der Waals surface area contributed by atoms with Crippen molar-refractivity contribution in [1.82, 2.24) is 0 Å². The van der Waals surface area contributed by atoms with Crippen molar-refractivity contribution in [3.05, 3.63) is 66.2 Å². The van der Waals surface area contributed by atoms with Gasteiger partial charge in [-0.1, -0.05) is 24.3 Å². The van der Waals surface area contributed by atoms with Gasteiger partial charge in [-0.25, -0.2) is 0 Å². The molecule has 0 saturated carbocycles. The van der Waals surface area contributed by atoms with Crippen molar-refractivity contribution in [2.75, 3.05) is 16.8 Å². The highest BCUT2D eigenvalue weighted by atomic mass is 16.5. The van der Waals surface area contributed by atoms with Crippen molar-refractivity contribution >= 4 is 34.0 Å². The molecule has 1 aliphatic heterocycles. The number of carbonyl (C=O) groups excluding carboxylic acids is 2. The first kappa shape index (κ1) is 19.0. The van der Waals surface area contributed by atoms with Gasteiger partial charge in [0, 0.05) is 29.6 Å². The highest BCUT2D eigenvalue weighted by Gasteiger charge is 2.28. The summed E-state index contributed by atoms with van der Waals surface area (Å²) in [7, 11) is 0. The monoisotopic (exact) mass is 388 g/mol. The number of anilines is 2. The Bertz CT molecular complexity index is 1050. The number of amides is 2. The molecule has 0 unspecified atom stereocenters. The summed E-state index contributed by atoms with van der Waals surface area (Å²) in [6, 6.07) is 19.1. The third-order valence-corrected chi connectivity index (χ3v) is 4.94. The van der Waals surface area contributed by atoms with Crippen LogP contribution in [-0.4, -0.2) is 24.5 Å². The van der Waals surface area contributed by atoms with Crippen molar-refractivity contribution in [3.63, 3.8) is 0 Å². The molecule has 1 heterocycles. The summed E-state index contributed by atoms with van der Waals surface area (Å²) in [6.07, 6.45) is 1.05. The quantitative estimate of drug-likeness (QED) is 0.619. The zero-order valence-electron chi connectivity index (χ0n) is 16.6. The summed E-state index contributed by atoms with van der Waals surface area (Å²) >= 11 is 0. The van der Waals surface area contributed by atoms with Gasteiger partial charge in [0.25, 0.3) is 5.91 Å². The van der Waals surface area contributed by atoms with Crippen LogP contribution >= 0.6 is 0 Å². The van der Waals surface area contributed by atoms with Crippen LogP contribution in [0.25, 0.3) is 10.8 Å². The molecule has 5 nitrogen and oxygen atoms in total. The van der Waals surface area contributed by atoms with Crippen LogP contribution in [-0.2, 0) is 4.79 Å². The molecule has 0 aliphatic carbocycles. The number of ether oxygens (including phenoxy) is 1. The van der Waals surface area contributed by atoms with E-state index in [0.717, 1.165) is 33.5 Å². The molecule has 1 aliphatic rings. The van der Waals surface area contributed by atoms with E-state index in [4.69, 9.17) is 4.74 Å². The second kappa shape index (κ2) is 7.95. The van der Waals surface area contributed by atoms with Crippen molar-refractivity contribution in [1.29, 1.82) is 0 Å². The second-order valence-corrected chi connectivity index (χ2v) is 7.48. The topological polar surface area (TPSA) is 58.6 Å². The summed E-state index contributed by atoms with van der Waals surface area (Å²) in [5.74, 6) is 0.724. The molecule has 0 bridgehead atoms. The average molecular weight is 388 g/mol. The first-order valence-corrected chi connectivity index (χ1v) is 9.93. The summed E-state index contributed by atoms with van der Waals surface area (Å²) in [4.78, 5) is 26.8. The number of benzene rings is 3. The lowest BCUT2D eigenvalue weighted by atomic mass is 10.1. The maximum atomic E-state index is 12.8. The van der Waals surface area contributed by atoms with Crippen LogP contribution < -0.4 is 15.0 Å². The molecule has 0 fully saturated rings. The Kier molecular flexibility index (Phi) is 5.21. The molecule has 0 atom stereocenters. The van der Waals surface area contributed by atoms with Crippen LogP contribution in [0.3, 0.4) is 0 Å². The largest absolute Gasteiger partial charge is 0.491 e. The molecule has 2 amide bonds. The minimum atomic E-state index is -0.0649. The smallest absolute Gasteiger partial charge is 0.258 e. The molecule has 0 radical (unpaired) electrons. The number of rotatable bonds is 7. The molecule has 5 heteroatoms. The van der Waals surface area contributed by atoms with Gasteiger partial charge in [0.1, 0.15) is 5.75 Å². The molecule has 0 spiro atoms. The lowest BCUT2D eigenvalue weighted by Gasteiger charge is -2.17. The Morgan fingerprint density at radius 2 is 1.76 bits per heavy atom. The summed E-state index contributed by atoms with van der Waals surface area (Å²) in [6.45, 7) is 4.46. The fourth-order valence-corrected chi connectivity index (χ4v) is 3.71. The van der Waals surface area contributed by atoms with E-state index in [1.807, 2.05) is 74.5 Å². The number of hydrogen-bond donors (Lipinski definition) is 1. The predicted molar refractivity (Wildman–Crippen MR) is 116 cm³/mol. The van der Waals surface area contributed by atoms with Crippen LogP contribution in [0.4, 0.5) is 11.4 Å².